The Morgan fingerprint density at radius 1 is 1.45 bits per heavy atom. The minimum Gasteiger partial charge on any atom is -0.477 e. The Bertz CT molecular complexity index is 636. The fourth-order valence-electron chi connectivity index (χ4n) is 2.43. The van der Waals surface area contributed by atoms with E-state index in [4.69, 9.17) is 9.84 Å². The Balaban J connectivity index is 1.92. The third-order valence-electron chi connectivity index (χ3n) is 3.54. The number of benzene rings is 1. The number of anilines is 1. The van der Waals surface area contributed by atoms with Gasteiger partial charge >= 0.3 is 5.97 Å². The summed E-state index contributed by atoms with van der Waals surface area (Å²) in [6, 6.07) is 9.15. The summed E-state index contributed by atoms with van der Waals surface area (Å²) in [5, 5.41) is 13.4. The highest BCUT2D eigenvalue weighted by Gasteiger charge is 2.16. The zero-order chi connectivity index (χ0) is 13.9. The summed E-state index contributed by atoms with van der Waals surface area (Å²) in [5.41, 5.74) is 1.58. The second-order valence-electron chi connectivity index (χ2n) is 4.99. The van der Waals surface area contributed by atoms with Crippen LogP contribution >= 0.6 is 0 Å². The third kappa shape index (κ3) is 2.58. The van der Waals surface area contributed by atoms with Gasteiger partial charge in [-0.15, -0.1) is 0 Å². The molecule has 0 saturated carbocycles. The lowest BCUT2D eigenvalue weighted by Gasteiger charge is -2.13. The van der Waals surface area contributed by atoms with E-state index in [0.29, 0.717) is 11.4 Å². The normalized spacial score (nSPS) is 18.3. The van der Waals surface area contributed by atoms with Crippen LogP contribution in [-0.4, -0.2) is 35.8 Å². The van der Waals surface area contributed by atoms with Gasteiger partial charge in [-0.3, -0.25) is 0 Å². The maximum absolute atomic E-state index is 11.1. The highest BCUT2D eigenvalue weighted by Crippen LogP contribution is 2.24. The van der Waals surface area contributed by atoms with Gasteiger partial charge in [-0.2, -0.15) is 0 Å². The van der Waals surface area contributed by atoms with Crippen molar-refractivity contribution in [2.24, 2.45) is 5.92 Å². The van der Waals surface area contributed by atoms with E-state index < -0.39 is 5.97 Å². The number of nitrogens with zero attached hydrogens (tertiary/aromatic N) is 1. The Hall–Kier alpha value is -2.14. The Kier molecular flexibility index (Phi) is 3.52. The van der Waals surface area contributed by atoms with Gasteiger partial charge in [0.1, 0.15) is 0 Å². The van der Waals surface area contributed by atoms with Gasteiger partial charge in [0.05, 0.1) is 12.1 Å². The van der Waals surface area contributed by atoms with Gasteiger partial charge in [0, 0.05) is 30.1 Å². The van der Waals surface area contributed by atoms with Crippen molar-refractivity contribution in [3.05, 3.63) is 36.0 Å². The molecule has 0 radical (unpaired) electrons. The number of carboxylic acid groups (broad SMARTS) is 1. The largest absolute Gasteiger partial charge is 0.477 e. The molecule has 5 heteroatoms. The second kappa shape index (κ2) is 5.46. The number of nitrogens with one attached hydrogen (secondary N) is 1. The fraction of sp³-hybridized carbons (Fsp3) is 0.333. The number of hydrogen-bond donors (Lipinski definition) is 2. The minimum absolute atomic E-state index is 0.0638. The standard InChI is InChI=1S/C15H16N2O3/c18-15(19)14-7-13(16-8-10-5-6-20-9-10)11-3-1-2-4-12(11)17-14/h1-4,7,10H,5-6,8-9H2,(H,16,17)(H,18,19). The van der Waals surface area contributed by atoms with Crippen LogP contribution in [0.15, 0.2) is 30.3 Å². The van der Waals surface area contributed by atoms with Crippen molar-refractivity contribution in [3.63, 3.8) is 0 Å². The van der Waals surface area contributed by atoms with Crippen LogP contribution in [0.25, 0.3) is 10.9 Å². The molecule has 1 unspecified atom stereocenters. The molecular weight excluding hydrogens is 256 g/mol. The number of aromatic nitrogens is 1. The molecule has 1 fully saturated rings. The molecule has 1 aromatic heterocycles. The summed E-state index contributed by atoms with van der Waals surface area (Å²) in [4.78, 5) is 15.3. The predicted molar refractivity (Wildman–Crippen MR) is 76.1 cm³/mol. The quantitative estimate of drug-likeness (QED) is 0.894. The lowest BCUT2D eigenvalue weighted by Crippen LogP contribution is -2.15. The average Bonchev–Trinajstić information content (AvgIpc) is 2.97. The topological polar surface area (TPSA) is 71.5 Å². The molecule has 2 heterocycles. The van der Waals surface area contributed by atoms with Gasteiger partial charge in [0.2, 0.25) is 0 Å². The number of hydrogen-bond acceptors (Lipinski definition) is 4. The minimum atomic E-state index is -1.01. The second-order valence-corrected chi connectivity index (χ2v) is 4.99. The molecule has 1 aliphatic rings. The van der Waals surface area contributed by atoms with Crippen molar-refractivity contribution in [3.8, 4) is 0 Å². The van der Waals surface area contributed by atoms with E-state index in [1.165, 1.54) is 0 Å². The van der Waals surface area contributed by atoms with Crippen molar-refractivity contribution in [1.82, 2.24) is 4.98 Å². The number of para-hydroxylation sites is 1. The number of rotatable bonds is 4. The van der Waals surface area contributed by atoms with Crippen LogP contribution in [0.2, 0.25) is 0 Å². The summed E-state index contributed by atoms with van der Waals surface area (Å²) in [7, 11) is 0. The van der Waals surface area contributed by atoms with Crippen LogP contribution in [0, 0.1) is 5.92 Å². The zero-order valence-electron chi connectivity index (χ0n) is 11.0. The molecule has 0 aliphatic carbocycles. The highest BCUT2D eigenvalue weighted by atomic mass is 16.5. The molecule has 1 atom stereocenters. The Morgan fingerprint density at radius 2 is 2.30 bits per heavy atom. The first-order valence-electron chi connectivity index (χ1n) is 6.69. The van der Waals surface area contributed by atoms with Crippen molar-refractivity contribution in [2.45, 2.75) is 6.42 Å². The molecule has 3 rings (SSSR count). The number of carboxylic acids is 1. The van der Waals surface area contributed by atoms with Crippen molar-refractivity contribution < 1.29 is 14.6 Å². The lowest BCUT2D eigenvalue weighted by atomic mass is 10.1. The Labute approximate surface area is 116 Å². The summed E-state index contributed by atoms with van der Waals surface area (Å²) >= 11 is 0. The molecule has 1 saturated heterocycles. The third-order valence-corrected chi connectivity index (χ3v) is 3.54. The van der Waals surface area contributed by atoms with Gasteiger partial charge in [-0.05, 0) is 18.6 Å². The first-order chi connectivity index (χ1) is 9.74. The van der Waals surface area contributed by atoms with Gasteiger partial charge in [0.15, 0.2) is 5.69 Å². The smallest absolute Gasteiger partial charge is 0.354 e. The first kappa shape index (κ1) is 12.9. The summed E-state index contributed by atoms with van der Waals surface area (Å²) in [6.45, 7) is 2.36. The van der Waals surface area contributed by atoms with E-state index in [-0.39, 0.29) is 5.69 Å². The highest BCUT2D eigenvalue weighted by molar-refractivity contribution is 5.97. The maximum Gasteiger partial charge on any atom is 0.354 e. The van der Waals surface area contributed by atoms with Crippen LogP contribution in [0.3, 0.4) is 0 Å². The van der Waals surface area contributed by atoms with E-state index >= 15 is 0 Å². The zero-order valence-corrected chi connectivity index (χ0v) is 11.0. The van der Waals surface area contributed by atoms with Crippen LogP contribution in [0.1, 0.15) is 16.9 Å². The van der Waals surface area contributed by atoms with E-state index in [1.807, 2.05) is 24.3 Å². The number of carbonyl (C=O) groups is 1. The molecule has 0 spiro atoms. The number of aromatic carboxylic acids is 1. The monoisotopic (exact) mass is 272 g/mol. The summed E-state index contributed by atoms with van der Waals surface area (Å²) in [6.07, 6.45) is 1.04. The fourth-order valence-corrected chi connectivity index (χ4v) is 2.43. The number of ether oxygens (including phenoxy) is 1. The maximum atomic E-state index is 11.1. The molecule has 1 aliphatic heterocycles. The van der Waals surface area contributed by atoms with Crippen molar-refractivity contribution >= 4 is 22.6 Å². The van der Waals surface area contributed by atoms with Crippen LogP contribution in [-0.2, 0) is 4.74 Å². The molecule has 2 N–H and O–H groups in total. The van der Waals surface area contributed by atoms with E-state index in [0.717, 1.165) is 37.3 Å². The van der Waals surface area contributed by atoms with Crippen LogP contribution in [0.5, 0.6) is 0 Å². The lowest BCUT2D eigenvalue weighted by molar-refractivity contribution is 0.0691. The van der Waals surface area contributed by atoms with Crippen LogP contribution < -0.4 is 5.32 Å². The molecule has 1 aromatic carbocycles. The molecule has 0 bridgehead atoms. The SMILES string of the molecule is O=C(O)c1cc(NCC2CCOC2)c2ccccc2n1. The van der Waals surface area contributed by atoms with Gasteiger partial charge in [-0.25, -0.2) is 9.78 Å². The predicted octanol–water partition coefficient (Wildman–Crippen LogP) is 2.38. The van der Waals surface area contributed by atoms with Gasteiger partial charge in [-0.1, -0.05) is 18.2 Å². The molecular formula is C15H16N2O3. The van der Waals surface area contributed by atoms with E-state index in [9.17, 15) is 4.79 Å². The first-order valence-corrected chi connectivity index (χ1v) is 6.69. The van der Waals surface area contributed by atoms with Crippen LogP contribution in [0.4, 0.5) is 5.69 Å². The summed E-state index contributed by atoms with van der Waals surface area (Å²) in [5.74, 6) is -0.529. The van der Waals surface area contributed by atoms with E-state index in [2.05, 4.69) is 10.3 Å². The molecule has 104 valence electrons. The average molecular weight is 272 g/mol. The summed E-state index contributed by atoms with van der Waals surface area (Å²) < 4.78 is 5.35. The molecule has 0 amide bonds. The molecule has 20 heavy (non-hydrogen) atoms. The number of pyridine rings is 1. The molecule has 5 nitrogen and oxygen atoms in total. The Morgan fingerprint density at radius 3 is 3.05 bits per heavy atom. The molecule has 2 aromatic rings. The van der Waals surface area contributed by atoms with Gasteiger partial charge < -0.3 is 15.2 Å². The van der Waals surface area contributed by atoms with Crippen molar-refractivity contribution in [2.75, 3.05) is 25.1 Å². The van der Waals surface area contributed by atoms with Crippen molar-refractivity contribution in [1.29, 1.82) is 0 Å². The van der Waals surface area contributed by atoms with Gasteiger partial charge in [0.25, 0.3) is 0 Å². The van der Waals surface area contributed by atoms with E-state index in [1.54, 1.807) is 6.07 Å². The number of fused-ring (bicyclic) bond motifs is 1.